The van der Waals surface area contributed by atoms with Crippen molar-refractivity contribution in [3.8, 4) is 0 Å². The smallest absolute Gasteiger partial charge is 0.00719 e. The van der Waals surface area contributed by atoms with Crippen LogP contribution in [-0.4, -0.2) is 43.1 Å². The van der Waals surface area contributed by atoms with Gasteiger partial charge in [0.25, 0.3) is 0 Å². The van der Waals surface area contributed by atoms with Gasteiger partial charge in [-0.3, -0.25) is 0 Å². The van der Waals surface area contributed by atoms with Crippen LogP contribution < -0.4 is 5.73 Å². The lowest BCUT2D eigenvalue weighted by Crippen LogP contribution is -2.35. The SMILES string of the molecule is CSCCC(C)N(C)CC1(CCN)CC1. The van der Waals surface area contributed by atoms with Gasteiger partial charge < -0.3 is 10.6 Å². The van der Waals surface area contributed by atoms with Crippen LogP contribution in [0.1, 0.15) is 32.6 Å². The molecule has 0 aromatic heterocycles. The van der Waals surface area contributed by atoms with Gasteiger partial charge in [-0.1, -0.05) is 0 Å². The number of nitrogens with two attached hydrogens (primary N) is 1. The molecule has 0 aromatic carbocycles. The van der Waals surface area contributed by atoms with Crippen LogP contribution >= 0.6 is 11.8 Å². The van der Waals surface area contributed by atoms with Crippen molar-refractivity contribution in [1.29, 1.82) is 0 Å². The van der Waals surface area contributed by atoms with Gasteiger partial charge in [-0.05, 0) is 63.6 Å². The van der Waals surface area contributed by atoms with E-state index < -0.39 is 0 Å². The van der Waals surface area contributed by atoms with Crippen LogP contribution in [0.4, 0.5) is 0 Å². The minimum atomic E-state index is 0.594. The highest BCUT2D eigenvalue weighted by Crippen LogP contribution is 2.49. The molecule has 1 rings (SSSR count). The number of nitrogens with zero attached hydrogens (tertiary/aromatic N) is 1. The van der Waals surface area contributed by atoms with E-state index >= 15 is 0 Å². The van der Waals surface area contributed by atoms with Gasteiger partial charge >= 0.3 is 0 Å². The first-order chi connectivity index (χ1) is 7.13. The quantitative estimate of drug-likeness (QED) is 0.693. The highest BCUT2D eigenvalue weighted by Gasteiger charge is 2.42. The zero-order valence-corrected chi connectivity index (χ0v) is 11.3. The summed E-state index contributed by atoms with van der Waals surface area (Å²) < 4.78 is 0. The Kier molecular flexibility index (Phi) is 5.44. The van der Waals surface area contributed by atoms with Crippen LogP contribution in [0, 0.1) is 5.41 Å². The molecule has 1 unspecified atom stereocenters. The number of thioether (sulfide) groups is 1. The number of hydrogen-bond donors (Lipinski definition) is 1. The lowest BCUT2D eigenvalue weighted by atomic mass is 10.0. The third kappa shape index (κ3) is 4.33. The van der Waals surface area contributed by atoms with Gasteiger partial charge in [0, 0.05) is 12.6 Å². The summed E-state index contributed by atoms with van der Waals surface area (Å²) >= 11 is 1.94. The van der Waals surface area contributed by atoms with E-state index in [1.54, 1.807) is 0 Å². The maximum atomic E-state index is 5.66. The van der Waals surface area contributed by atoms with Crippen LogP contribution in [0.25, 0.3) is 0 Å². The zero-order chi connectivity index (χ0) is 11.3. The standard InChI is InChI=1S/C12H26N2S/c1-11(4-9-15-3)14(2)10-12(5-6-12)7-8-13/h11H,4-10,13H2,1-3H3. The molecule has 3 heteroatoms. The van der Waals surface area contributed by atoms with Crippen molar-refractivity contribution in [2.24, 2.45) is 11.1 Å². The Labute approximate surface area is 99.0 Å². The molecule has 1 atom stereocenters. The predicted molar refractivity (Wildman–Crippen MR) is 70.4 cm³/mol. The Morgan fingerprint density at radius 1 is 1.47 bits per heavy atom. The lowest BCUT2D eigenvalue weighted by molar-refractivity contribution is 0.199. The second-order valence-corrected chi connectivity index (χ2v) is 6.07. The Bertz CT molecular complexity index is 180. The maximum Gasteiger partial charge on any atom is 0.00719 e. The third-order valence-electron chi connectivity index (χ3n) is 3.71. The first-order valence-corrected chi connectivity index (χ1v) is 7.42. The molecule has 0 radical (unpaired) electrons. The molecule has 0 spiro atoms. The van der Waals surface area contributed by atoms with E-state index in [-0.39, 0.29) is 0 Å². The molecule has 1 aliphatic carbocycles. The topological polar surface area (TPSA) is 29.3 Å². The fourth-order valence-corrected chi connectivity index (χ4v) is 2.74. The van der Waals surface area contributed by atoms with E-state index in [1.165, 1.54) is 38.0 Å². The molecule has 1 fully saturated rings. The van der Waals surface area contributed by atoms with Gasteiger partial charge in [0.15, 0.2) is 0 Å². The first kappa shape index (κ1) is 13.3. The van der Waals surface area contributed by atoms with Gasteiger partial charge in [-0.2, -0.15) is 11.8 Å². The van der Waals surface area contributed by atoms with Crippen LogP contribution in [0.3, 0.4) is 0 Å². The van der Waals surface area contributed by atoms with Gasteiger partial charge in [-0.25, -0.2) is 0 Å². The van der Waals surface area contributed by atoms with Gasteiger partial charge in [0.2, 0.25) is 0 Å². The summed E-state index contributed by atoms with van der Waals surface area (Å²) in [5.41, 5.74) is 6.26. The monoisotopic (exact) mass is 230 g/mol. The molecule has 0 aromatic rings. The summed E-state index contributed by atoms with van der Waals surface area (Å²) in [6.45, 7) is 4.45. The van der Waals surface area contributed by atoms with Crippen LogP contribution in [0.15, 0.2) is 0 Å². The summed E-state index contributed by atoms with van der Waals surface area (Å²) in [6, 6.07) is 0.715. The largest absolute Gasteiger partial charge is 0.330 e. The van der Waals surface area contributed by atoms with Crippen molar-refractivity contribution in [3.05, 3.63) is 0 Å². The zero-order valence-electron chi connectivity index (χ0n) is 10.5. The van der Waals surface area contributed by atoms with Crippen molar-refractivity contribution in [2.45, 2.75) is 38.6 Å². The van der Waals surface area contributed by atoms with Gasteiger partial charge in [0.1, 0.15) is 0 Å². The number of rotatable bonds is 8. The van der Waals surface area contributed by atoms with Crippen LogP contribution in [-0.2, 0) is 0 Å². The summed E-state index contributed by atoms with van der Waals surface area (Å²) in [7, 11) is 2.27. The molecule has 0 aliphatic heterocycles. The van der Waals surface area contributed by atoms with E-state index in [4.69, 9.17) is 5.73 Å². The highest BCUT2D eigenvalue weighted by atomic mass is 32.2. The Morgan fingerprint density at radius 3 is 2.60 bits per heavy atom. The Morgan fingerprint density at radius 2 is 2.13 bits per heavy atom. The molecule has 2 nitrogen and oxygen atoms in total. The summed E-state index contributed by atoms with van der Waals surface area (Å²) in [5, 5.41) is 0. The molecule has 1 aliphatic rings. The molecule has 2 N–H and O–H groups in total. The molecule has 1 saturated carbocycles. The molecule has 0 bridgehead atoms. The normalized spacial score (nSPS) is 20.6. The van der Waals surface area contributed by atoms with Crippen molar-refractivity contribution in [3.63, 3.8) is 0 Å². The minimum absolute atomic E-state index is 0.594. The van der Waals surface area contributed by atoms with Crippen LogP contribution in [0.2, 0.25) is 0 Å². The molecule has 90 valence electrons. The first-order valence-electron chi connectivity index (χ1n) is 6.03. The fourth-order valence-electron chi connectivity index (χ4n) is 2.16. The molecule has 15 heavy (non-hydrogen) atoms. The molecule has 0 heterocycles. The van der Waals surface area contributed by atoms with Crippen LogP contribution in [0.5, 0.6) is 0 Å². The predicted octanol–water partition coefficient (Wildman–Crippen LogP) is 2.19. The van der Waals surface area contributed by atoms with E-state index in [0.717, 1.165) is 6.54 Å². The van der Waals surface area contributed by atoms with Crippen molar-refractivity contribution in [2.75, 3.05) is 32.1 Å². The lowest BCUT2D eigenvalue weighted by Gasteiger charge is -2.29. The third-order valence-corrected chi connectivity index (χ3v) is 4.35. The second kappa shape index (κ2) is 6.12. The van der Waals surface area contributed by atoms with E-state index in [9.17, 15) is 0 Å². The Hall–Kier alpha value is 0.270. The summed E-state index contributed by atoms with van der Waals surface area (Å²) in [5.74, 6) is 1.27. The highest BCUT2D eigenvalue weighted by molar-refractivity contribution is 7.98. The van der Waals surface area contributed by atoms with Crippen molar-refractivity contribution >= 4 is 11.8 Å². The average molecular weight is 230 g/mol. The Balaban J connectivity index is 2.25. The average Bonchev–Trinajstić information content (AvgIpc) is 2.94. The number of hydrogen-bond acceptors (Lipinski definition) is 3. The molecular formula is C12H26N2S. The maximum absolute atomic E-state index is 5.66. The van der Waals surface area contributed by atoms with Gasteiger partial charge in [-0.15, -0.1) is 0 Å². The molecule has 0 saturated heterocycles. The van der Waals surface area contributed by atoms with E-state index in [2.05, 4.69) is 25.1 Å². The minimum Gasteiger partial charge on any atom is -0.330 e. The molecular weight excluding hydrogens is 204 g/mol. The fraction of sp³-hybridized carbons (Fsp3) is 1.00. The van der Waals surface area contributed by atoms with Crippen molar-refractivity contribution in [1.82, 2.24) is 4.90 Å². The molecule has 0 amide bonds. The van der Waals surface area contributed by atoms with Crippen molar-refractivity contribution < 1.29 is 0 Å². The van der Waals surface area contributed by atoms with E-state index in [1.807, 2.05) is 11.8 Å². The van der Waals surface area contributed by atoms with Gasteiger partial charge in [0.05, 0.1) is 0 Å². The summed E-state index contributed by atoms with van der Waals surface area (Å²) in [6.07, 6.45) is 7.49. The second-order valence-electron chi connectivity index (χ2n) is 5.08. The summed E-state index contributed by atoms with van der Waals surface area (Å²) in [4.78, 5) is 2.53. The van der Waals surface area contributed by atoms with E-state index in [0.29, 0.717) is 11.5 Å².